The van der Waals surface area contributed by atoms with Crippen molar-refractivity contribution in [1.82, 2.24) is 9.29 Å². The number of methoxy groups -OCH3 is 1. The summed E-state index contributed by atoms with van der Waals surface area (Å²) in [5, 5.41) is 3.99. The Morgan fingerprint density at radius 1 is 1.29 bits per heavy atom. The number of benzene rings is 1. The average Bonchev–Trinajstić information content (AvgIpc) is 2.69. The Bertz CT molecular complexity index is 942. The molecule has 0 aliphatic carbocycles. The van der Waals surface area contributed by atoms with Gasteiger partial charge in [0.1, 0.15) is 10.7 Å². The first kappa shape index (κ1) is 20.2. The van der Waals surface area contributed by atoms with Crippen LogP contribution in [0.5, 0.6) is 5.75 Å². The van der Waals surface area contributed by atoms with Gasteiger partial charge in [0.05, 0.1) is 46.6 Å². The zero-order valence-electron chi connectivity index (χ0n) is 15.7. The fraction of sp³-hybridized carbons (Fsp3) is 0.333. The normalized spacial score (nSPS) is 16.4. The number of hydrogen-bond donors (Lipinski definition) is 2. The molecule has 0 atom stereocenters. The van der Waals surface area contributed by atoms with E-state index in [9.17, 15) is 12.8 Å². The molecule has 1 aliphatic rings. The maximum absolute atomic E-state index is 13.7. The maximum Gasteiger partial charge on any atom is 0.245 e. The number of piperazine rings is 1. The third kappa shape index (κ3) is 4.64. The van der Waals surface area contributed by atoms with Gasteiger partial charge in [-0.05, 0) is 35.9 Å². The van der Waals surface area contributed by atoms with Gasteiger partial charge in [-0.2, -0.15) is 9.41 Å². The lowest BCUT2D eigenvalue weighted by Gasteiger charge is -2.29. The van der Waals surface area contributed by atoms with E-state index in [1.54, 1.807) is 12.1 Å². The van der Waals surface area contributed by atoms with Gasteiger partial charge in [0.2, 0.25) is 10.0 Å². The van der Waals surface area contributed by atoms with Crippen LogP contribution in [-0.4, -0.2) is 64.3 Å². The van der Waals surface area contributed by atoms with Crippen LogP contribution in [-0.2, 0) is 10.0 Å². The molecule has 0 radical (unpaired) electrons. The van der Waals surface area contributed by atoms with Crippen LogP contribution in [0.3, 0.4) is 0 Å². The standard InChI is InChI=1S/C18H22FN5O3S/c1-23-7-9-24(10-8-23)28(25,26)15-4-6-18(20-13-15)22-21-12-14-3-5-17(27-2)16(19)11-14/h3-6,11-13H,7-10H2,1-2H3,(H,20,22)/p+1/b21-12-. The molecule has 1 aliphatic heterocycles. The van der Waals surface area contributed by atoms with Crippen molar-refractivity contribution >= 4 is 22.1 Å². The number of aromatic nitrogens is 1. The van der Waals surface area contributed by atoms with Crippen molar-refractivity contribution < 1.29 is 22.4 Å². The monoisotopic (exact) mass is 408 g/mol. The highest BCUT2D eigenvalue weighted by atomic mass is 32.2. The van der Waals surface area contributed by atoms with E-state index in [1.807, 2.05) is 7.05 Å². The van der Waals surface area contributed by atoms with E-state index in [2.05, 4.69) is 15.5 Å². The molecule has 0 spiro atoms. The maximum atomic E-state index is 13.7. The number of halogens is 1. The predicted octanol–water partition coefficient (Wildman–Crippen LogP) is 0.194. The third-order valence-electron chi connectivity index (χ3n) is 4.52. The molecule has 3 rings (SSSR count). The lowest BCUT2D eigenvalue weighted by molar-refractivity contribution is -0.883. The molecule has 1 aromatic carbocycles. The van der Waals surface area contributed by atoms with Crippen LogP contribution in [0, 0.1) is 5.82 Å². The molecule has 8 nitrogen and oxygen atoms in total. The number of hydrazone groups is 1. The Kier molecular flexibility index (Phi) is 6.22. The van der Waals surface area contributed by atoms with Crippen molar-refractivity contribution in [1.29, 1.82) is 0 Å². The molecular weight excluding hydrogens is 385 g/mol. The first-order valence-corrected chi connectivity index (χ1v) is 10.2. The van der Waals surface area contributed by atoms with Crippen LogP contribution in [0.2, 0.25) is 0 Å². The van der Waals surface area contributed by atoms with E-state index in [0.717, 1.165) is 13.1 Å². The van der Waals surface area contributed by atoms with Gasteiger partial charge in [-0.25, -0.2) is 17.8 Å². The van der Waals surface area contributed by atoms with Crippen LogP contribution in [0.25, 0.3) is 0 Å². The number of ether oxygens (including phenoxy) is 1. The number of nitrogens with zero attached hydrogens (tertiary/aromatic N) is 3. The number of anilines is 1. The second-order valence-electron chi connectivity index (χ2n) is 6.50. The molecule has 0 unspecified atom stereocenters. The van der Waals surface area contributed by atoms with Crippen molar-refractivity contribution in [2.24, 2.45) is 5.10 Å². The molecule has 10 heteroatoms. The predicted molar refractivity (Wildman–Crippen MR) is 104 cm³/mol. The zero-order valence-corrected chi connectivity index (χ0v) is 16.5. The van der Waals surface area contributed by atoms with E-state index in [4.69, 9.17) is 4.74 Å². The summed E-state index contributed by atoms with van der Waals surface area (Å²) in [5.41, 5.74) is 3.24. The molecule has 2 heterocycles. The van der Waals surface area contributed by atoms with Crippen molar-refractivity contribution in [3.8, 4) is 5.75 Å². The average molecular weight is 408 g/mol. The molecule has 0 amide bonds. The Hall–Kier alpha value is -2.56. The summed E-state index contributed by atoms with van der Waals surface area (Å²) < 4.78 is 45.3. The van der Waals surface area contributed by atoms with Gasteiger partial charge in [-0.1, -0.05) is 0 Å². The molecule has 1 saturated heterocycles. The number of quaternary nitrogens is 1. The van der Waals surface area contributed by atoms with Crippen LogP contribution in [0.4, 0.5) is 10.2 Å². The van der Waals surface area contributed by atoms with Crippen molar-refractivity contribution in [3.05, 3.63) is 47.9 Å². The minimum absolute atomic E-state index is 0.152. The van der Waals surface area contributed by atoms with Crippen LogP contribution in [0.15, 0.2) is 46.5 Å². The number of pyridine rings is 1. The minimum Gasteiger partial charge on any atom is -0.494 e. The fourth-order valence-electron chi connectivity index (χ4n) is 2.79. The molecular formula is C18H23FN5O3S+. The second-order valence-corrected chi connectivity index (χ2v) is 8.44. The van der Waals surface area contributed by atoms with Crippen LogP contribution in [0.1, 0.15) is 5.56 Å². The number of likely N-dealkylation sites (N-methyl/N-ethyl adjacent to an activating group) is 1. The second kappa shape index (κ2) is 8.63. The molecule has 1 fully saturated rings. The number of hydrogen-bond acceptors (Lipinski definition) is 6. The molecule has 2 N–H and O–H groups in total. The Morgan fingerprint density at radius 3 is 2.64 bits per heavy atom. The van der Waals surface area contributed by atoms with Gasteiger partial charge in [0, 0.05) is 6.20 Å². The summed E-state index contributed by atoms with van der Waals surface area (Å²) in [6.07, 6.45) is 2.74. The van der Waals surface area contributed by atoms with Gasteiger partial charge in [-0.15, -0.1) is 0 Å². The Balaban J connectivity index is 1.63. The van der Waals surface area contributed by atoms with Gasteiger partial charge >= 0.3 is 0 Å². The molecule has 0 saturated carbocycles. The summed E-state index contributed by atoms with van der Waals surface area (Å²) in [7, 11) is -0.0941. The lowest BCUT2D eigenvalue weighted by Crippen LogP contribution is -3.12. The highest BCUT2D eigenvalue weighted by molar-refractivity contribution is 7.89. The van der Waals surface area contributed by atoms with E-state index >= 15 is 0 Å². The molecule has 150 valence electrons. The fourth-order valence-corrected chi connectivity index (χ4v) is 4.18. The number of nitrogens with one attached hydrogen (secondary N) is 2. The molecule has 0 bridgehead atoms. The SMILES string of the molecule is COc1ccc(/C=N\Nc2ccc(S(=O)(=O)N3CC[NH+](C)CC3)cn2)cc1F. The van der Waals surface area contributed by atoms with E-state index in [0.29, 0.717) is 24.5 Å². The van der Waals surface area contributed by atoms with Crippen molar-refractivity contribution in [2.75, 3.05) is 45.8 Å². The lowest BCUT2D eigenvalue weighted by atomic mass is 10.2. The van der Waals surface area contributed by atoms with Crippen LogP contribution >= 0.6 is 0 Å². The number of rotatable bonds is 6. The minimum atomic E-state index is -3.54. The Morgan fingerprint density at radius 2 is 2.04 bits per heavy atom. The van der Waals surface area contributed by atoms with Gasteiger partial charge in [-0.3, -0.25) is 5.43 Å². The Labute approximate surface area is 163 Å². The summed E-state index contributed by atoms with van der Waals surface area (Å²) in [6, 6.07) is 7.51. The van der Waals surface area contributed by atoms with Crippen LogP contribution < -0.4 is 15.1 Å². The van der Waals surface area contributed by atoms with E-state index < -0.39 is 15.8 Å². The highest BCUT2D eigenvalue weighted by Crippen LogP contribution is 2.18. The third-order valence-corrected chi connectivity index (χ3v) is 6.40. The molecule has 28 heavy (non-hydrogen) atoms. The van der Waals surface area contributed by atoms with Crippen molar-refractivity contribution in [2.45, 2.75) is 4.90 Å². The topological polar surface area (TPSA) is 88.3 Å². The van der Waals surface area contributed by atoms with E-state index in [1.165, 1.54) is 46.9 Å². The summed E-state index contributed by atoms with van der Waals surface area (Å²) >= 11 is 0. The van der Waals surface area contributed by atoms with Gasteiger partial charge in [0.15, 0.2) is 11.6 Å². The van der Waals surface area contributed by atoms with Gasteiger partial charge < -0.3 is 9.64 Å². The highest BCUT2D eigenvalue weighted by Gasteiger charge is 2.29. The summed E-state index contributed by atoms with van der Waals surface area (Å²) in [6.45, 7) is 2.56. The first-order chi connectivity index (χ1) is 13.4. The van der Waals surface area contributed by atoms with Gasteiger partial charge in [0.25, 0.3) is 0 Å². The zero-order chi connectivity index (χ0) is 20.1. The summed E-state index contributed by atoms with van der Waals surface area (Å²) in [5.74, 6) is 0.0574. The molecule has 2 aromatic rings. The smallest absolute Gasteiger partial charge is 0.245 e. The van der Waals surface area contributed by atoms with E-state index in [-0.39, 0.29) is 10.6 Å². The summed E-state index contributed by atoms with van der Waals surface area (Å²) in [4.78, 5) is 5.57. The molecule has 1 aromatic heterocycles. The largest absolute Gasteiger partial charge is 0.494 e. The quantitative estimate of drug-likeness (QED) is 0.527. The number of sulfonamides is 1. The van der Waals surface area contributed by atoms with Crippen molar-refractivity contribution in [3.63, 3.8) is 0 Å². The first-order valence-electron chi connectivity index (χ1n) is 8.80.